The first kappa shape index (κ1) is 23.7. The molecule has 0 bridgehead atoms. The predicted octanol–water partition coefficient (Wildman–Crippen LogP) is 3.35. The highest BCUT2D eigenvalue weighted by atomic mass is 32.1. The lowest BCUT2D eigenvalue weighted by molar-refractivity contribution is -0.126. The Hall–Kier alpha value is -3.08. The van der Waals surface area contributed by atoms with Crippen LogP contribution in [0.2, 0.25) is 0 Å². The lowest BCUT2D eigenvalue weighted by atomic mass is 9.85. The van der Waals surface area contributed by atoms with Crippen LogP contribution in [0.5, 0.6) is 0 Å². The third-order valence-corrected chi connectivity index (χ3v) is 8.09. The van der Waals surface area contributed by atoms with Gasteiger partial charge >= 0.3 is 0 Å². The number of amides is 1. The van der Waals surface area contributed by atoms with Gasteiger partial charge in [-0.05, 0) is 56.7 Å². The Morgan fingerprint density at radius 2 is 1.83 bits per heavy atom. The van der Waals surface area contributed by atoms with Gasteiger partial charge in [0.1, 0.15) is 5.82 Å². The van der Waals surface area contributed by atoms with Crippen molar-refractivity contribution in [1.82, 2.24) is 35.5 Å². The fourth-order valence-electron chi connectivity index (χ4n) is 4.90. The van der Waals surface area contributed by atoms with Crippen molar-refractivity contribution in [3.05, 3.63) is 35.8 Å². The van der Waals surface area contributed by atoms with Crippen LogP contribution in [0.4, 0.5) is 10.9 Å². The third-order valence-electron chi connectivity index (χ3n) is 7.13. The summed E-state index contributed by atoms with van der Waals surface area (Å²) in [6.45, 7) is 6.34. The highest BCUT2D eigenvalue weighted by Gasteiger charge is 2.30. The highest BCUT2D eigenvalue weighted by molar-refractivity contribution is 7.17. The summed E-state index contributed by atoms with van der Waals surface area (Å²) in [5, 5.41) is 29.7. The van der Waals surface area contributed by atoms with Crippen LogP contribution in [0.1, 0.15) is 56.8 Å². The smallest absolute Gasteiger partial charge is 0.234 e. The lowest BCUT2D eigenvalue weighted by Crippen LogP contribution is -2.46. The van der Waals surface area contributed by atoms with E-state index in [0.29, 0.717) is 24.3 Å². The topological polar surface area (TPSA) is 114 Å². The van der Waals surface area contributed by atoms with Crippen LogP contribution >= 0.6 is 11.3 Å². The molecule has 1 saturated heterocycles. The van der Waals surface area contributed by atoms with Gasteiger partial charge in [-0.3, -0.25) is 4.79 Å². The van der Waals surface area contributed by atoms with Crippen molar-refractivity contribution in [3.8, 4) is 5.13 Å². The quantitative estimate of drug-likeness (QED) is 0.513. The van der Waals surface area contributed by atoms with Crippen molar-refractivity contribution in [2.24, 2.45) is 11.8 Å². The summed E-state index contributed by atoms with van der Waals surface area (Å²) in [4.78, 5) is 15.1. The zero-order valence-electron chi connectivity index (χ0n) is 20.4. The minimum absolute atomic E-state index is 0.0847. The lowest BCUT2D eigenvalue weighted by Gasteiger charge is -2.34. The van der Waals surface area contributed by atoms with Crippen LogP contribution in [0, 0.1) is 18.8 Å². The van der Waals surface area contributed by atoms with E-state index < -0.39 is 0 Å². The number of rotatable bonds is 7. The summed E-state index contributed by atoms with van der Waals surface area (Å²) in [6, 6.07) is 6.13. The second-order valence-electron chi connectivity index (χ2n) is 9.65. The van der Waals surface area contributed by atoms with Gasteiger partial charge in [0.05, 0.1) is 17.9 Å². The molecule has 4 heterocycles. The van der Waals surface area contributed by atoms with E-state index in [0.717, 1.165) is 54.0 Å². The van der Waals surface area contributed by atoms with Crippen LogP contribution in [-0.4, -0.2) is 55.2 Å². The molecule has 0 aromatic carbocycles. The number of aryl methyl sites for hydroxylation is 1. The zero-order chi connectivity index (χ0) is 24.2. The molecule has 1 aliphatic carbocycles. The molecule has 0 radical (unpaired) electrons. The third kappa shape index (κ3) is 5.61. The fraction of sp³-hybridized carbons (Fsp3) is 0.583. The van der Waals surface area contributed by atoms with Crippen molar-refractivity contribution in [1.29, 1.82) is 0 Å². The molecule has 186 valence electrons. The molecule has 1 amide bonds. The normalized spacial score (nSPS) is 21.1. The molecule has 5 rings (SSSR count). The molecule has 2 aliphatic rings. The Kier molecular flexibility index (Phi) is 7.21. The van der Waals surface area contributed by atoms with Crippen molar-refractivity contribution in [2.45, 2.75) is 65.0 Å². The summed E-state index contributed by atoms with van der Waals surface area (Å²) in [6.07, 6.45) is 8.29. The number of hydrogen-bond donors (Lipinski definition) is 2. The van der Waals surface area contributed by atoms with Crippen molar-refractivity contribution >= 4 is 28.2 Å². The van der Waals surface area contributed by atoms with Crippen molar-refractivity contribution in [2.75, 3.05) is 23.3 Å². The fourth-order valence-corrected chi connectivity index (χ4v) is 5.79. The maximum absolute atomic E-state index is 12.9. The van der Waals surface area contributed by atoms with E-state index in [-0.39, 0.29) is 11.8 Å². The van der Waals surface area contributed by atoms with Crippen molar-refractivity contribution in [3.63, 3.8) is 0 Å². The van der Waals surface area contributed by atoms with E-state index in [1.807, 2.05) is 25.1 Å². The Morgan fingerprint density at radius 1 is 1.03 bits per heavy atom. The van der Waals surface area contributed by atoms with Gasteiger partial charge in [-0.15, -0.1) is 15.3 Å². The summed E-state index contributed by atoms with van der Waals surface area (Å²) in [5.74, 6) is 1.61. The first-order valence-corrected chi connectivity index (χ1v) is 13.3. The number of hydrogen-bond acceptors (Lipinski definition) is 9. The van der Waals surface area contributed by atoms with Gasteiger partial charge in [0.25, 0.3) is 0 Å². The summed E-state index contributed by atoms with van der Waals surface area (Å²) >= 11 is 1.52. The van der Waals surface area contributed by atoms with E-state index in [1.54, 1.807) is 10.9 Å². The van der Waals surface area contributed by atoms with Gasteiger partial charge in [0.15, 0.2) is 0 Å². The van der Waals surface area contributed by atoms with Gasteiger partial charge in [0, 0.05) is 31.2 Å². The monoisotopic (exact) mass is 495 g/mol. The van der Waals surface area contributed by atoms with Crippen LogP contribution < -0.4 is 15.5 Å². The average molecular weight is 496 g/mol. The van der Waals surface area contributed by atoms with Gasteiger partial charge in [0.2, 0.25) is 16.2 Å². The summed E-state index contributed by atoms with van der Waals surface area (Å²) in [5.41, 5.74) is 1.84. The molecule has 3 aromatic heterocycles. The maximum Gasteiger partial charge on any atom is 0.234 e. The van der Waals surface area contributed by atoms with Crippen LogP contribution in [0.25, 0.3) is 5.13 Å². The predicted molar refractivity (Wildman–Crippen MR) is 136 cm³/mol. The SMILES string of the molecule is Cc1ccc(NCc2ccnn2-c2nnc(N3CCC(C(=O)NC4CCCCC4C)CC3)s2)nn1. The molecular formula is C24H33N9OS. The zero-order valence-corrected chi connectivity index (χ0v) is 21.2. The van der Waals surface area contributed by atoms with Crippen molar-refractivity contribution < 1.29 is 4.79 Å². The largest absolute Gasteiger partial charge is 0.363 e. The second kappa shape index (κ2) is 10.7. The molecule has 11 heteroatoms. The van der Waals surface area contributed by atoms with E-state index in [4.69, 9.17) is 0 Å². The van der Waals surface area contributed by atoms with E-state index in [1.165, 1.54) is 30.6 Å². The number of piperidine rings is 1. The average Bonchev–Trinajstić information content (AvgIpc) is 3.55. The molecule has 2 atom stereocenters. The second-order valence-corrected chi connectivity index (χ2v) is 10.6. The molecule has 2 fully saturated rings. The Morgan fingerprint density at radius 3 is 2.60 bits per heavy atom. The summed E-state index contributed by atoms with van der Waals surface area (Å²) in [7, 11) is 0. The molecule has 10 nitrogen and oxygen atoms in total. The van der Waals surface area contributed by atoms with E-state index >= 15 is 0 Å². The number of aromatic nitrogens is 6. The van der Waals surface area contributed by atoms with E-state index in [9.17, 15) is 4.79 Å². The number of carbonyl (C=O) groups is 1. The van der Waals surface area contributed by atoms with Gasteiger partial charge < -0.3 is 15.5 Å². The van der Waals surface area contributed by atoms with Gasteiger partial charge in [-0.25, -0.2) is 4.68 Å². The molecule has 0 spiro atoms. The van der Waals surface area contributed by atoms with Gasteiger partial charge in [-0.1, -0.05) is 31.1 Å². The summed E-state index contributed by atoms with van der Waals surface area (Å²) < 4.78 is 1.81. The molecule has 2 unspecified atom stereocenters. The molecular weight excluding hydrogens is 462 g/mol. The number of anilines is 2. The molecule has 1 saturated carbocycles. The van der Waals surface area contributed by atoms with E-state index in [2.05, 4.69) is 48.0 Å². The minimum atomic E-state index is 0.0847. The minimum Gasteiger partial charge on any atom is -0.363 e. The molecule has 35 heavy (non-hydrogen) atoms. The molecule has 1 aliphatic heterocycles. The Balaban J connectivity index is 1.15. The first-order valence-electron chi connectivity index (χ1n) is 12.5. The molecule has 3 aromatic rings. The first-order chi connectivity index (χ1) is 17.1. The Bertz CT molecular complexity index is 1120. The highest BCUT2D eigenvalue weighted by Crippen LogP contribution is 2.29. The number of nitrogens with zero attached hydrogens (tertiary/aromatic N) is 7. The Labute approximate surface area is 209 Å². The maximum atomic E-state index is 12.9. The van der Waals surface area contributed by atoms with Crippen LogP contribution in [-0.2, 0) is 11.3 Å². The van der Waals surface area contributed by atoms with Gasteiger partial charge in [-0.2, -0.15) is 10.2 Å². The molecule has 2 N–H and O–H groups in total. The number of carbonyl (C=O) groups excluding carboxylic acids is 1. The van der Waals surface area contributed by atoms with Crippen LogP contribution in [0.3, 0.4) is 0 Å². The standard InChI is InChI=1S/C24H33N9OS/c1-16-5-3-4-6-20(16)27-22(34)18-10-13-32(14-11-18)23-30-31-24(35-23)33-19(9-12-26-33)15-25-21-8-7-17(2)28-29-21/h7-9,12,16,18,20H,3-6,10-11,13-15H2,1-2H3,(H,25,29)(H,27,34). The number of nitrogens with one attached hydrogen (secondary N) is 2. The van der Waals surface area contributed by atoms with Crippen LogP contribution in [0.15, 0.2) is 24.4 Å².